The Balaban J connectivity index is 2.86. The number of nitrogens with one attached hydrogen (secondary N) is 1. The predicted molar refractivity (Wildman–Crippen MR) is 41.7 cm³/mol. The Labute approximate surface area is 65.5 Å². The first-order valence-electron chi connectivity index (χ1n) is 3.49. The van der Waals surface area contributed by atoms with Crippen LogP contribution in [0, 0.1) is 12.9 Å². The largest absolute Gasteiger partial charge is 0.316 e. The predicted octanol–water partition coefficient (Wildman–Crippen LogP) is 1.25. The van der Waals surface area contributed by atoms with Crippen LogP contribution in [0.5, 0.6) is 0 Å². The lowest BCUT2D eigenvalue weighted by atomic mass is 10.2. The average molecular weight is 154 g/mol. The molecule has 60 valence electrons. The molecule has 3 heteroatoms. The maximum Gasteiger partial charge on any atom is 0.215 e. The van der Waals surface area contributed by atoms with E-state index in [1.807, 2.05) is 7.05 Å². The van der Waals surface area contributed by atoms with Gasteiger partial charge in [0.05, 0.1) is 0 Å². The van der Waals surface area contributed by atoms with Crippen molar-refractivity contribution in [2.45, 2.75) is 13.5 Å². The molecule has 0 bridgehead atoms. The highest BCUT2D eigenvalue weighted by atomic mass is 19.1. The van der Waals surface area contributed by atoms with E-state index in [1.165, 1.54) is 0 Å². The highest BCUT2D eigenvalue weighted by Crippen LogP contribution is 2.04. The number of aromatic nitrogens is 1. The molecule has 0 atom stereocenters. The number of pyridine rings is 1. The average Bonchev–Trinajstić information content (AvgIpc) is 1.98. The summed E-state index contributed by atoms with van der Waals surface area (Å²) in [6, 6.07) is 1.79. The second-order valence-corrected chi connectivity index (χ2v) is 2.48. The second-order valence-electron chi connectivity index (χ2n) is 2.48. The van der Waals surface area contributed by atoms with Crippen molar-refractivity contribution in [1.82, 2.24) is 10.3 Å². The molecule has 0 fully saturated rings. The summed E-state index contributed by atoms with van der Waals surface area (Å²) in [5.41, 5.74) is 1.60. The van der Waals surface area contributed by atoms with Crippen molar-refractivity contribution in [3.63, 3.8) is 0 Å². The van der Waals surface area contributed by atoms with Gasteiger partial charge >= 0.3 is 0 Å². The van der Waals surface area contributed by atoms with Crippen molar-refractivity contribution >= 4 is 0 Å². The van der Waals surface area contributed by atoms with Crippen LogP contribution in [0.4, 0.5) is 4.39 Å². The summed E-state index contributed by atoms with van der Waals surface area (Å²) in [5.74, 6) is -0.384. The Kier molecular flexibility index (Phi) is 2.54. The van der Waals surface area contributed by atoms with Crippen molar-refractivity contribution in [2.24, 2.45) is 0 Å². The molecule has 1 N–H and O–H groups in total. The number of rotatable bonds is 2. The number of hydrogen-bond donors (Lipinski definition) is 1. The molecule has 2 nitrogen and oxygen atoms in total. The van der Waals surface area contributed by atoms with Crippen LogP contribution >= 0.6 is 0 Å². The SMILES string of the molecule is CNCc1cnc(F)c(C)c1. The lowest BCUT2D eigenvalue weighted by molar-refractivity contribution is 0.572. The fraction of sp³-hybridized carbons (Fsp3) is 0.375. The summed E-state index contributed by atoms with van der Waals surface area (Å²) in [4.78, 5) is 3.59. The van der Waals surface area contributed by atoms with Gasteiger partial charge in [-0.1, -0.05) is 0 Å². The molecule has 0 spiro atoms. The molecule has 1 heterocycles. The summed E-state index contributed by atoms with van der Waals surface area (Å²) >= 11 is 0. The minimum atomic E-state index is -0.384. The Morgan fingerprint density at radius 1 is 1.64 bits per heavy atom. The van der Waals surface area contributed by atoms with Crippen molar-refractivity contribution < 1.29 is 4.39 Å². The zero-order valence-corrected chi connectivity index (χ0v) is 6.69. The first kappa shape index (κ1) is 8.14. The Hall–Kier alpha value is -0.960. The van der Waals surface area contributed by atoms with E-state index in [9.17, 15) is 4.39 Å². The van der Waals surface area contributed by atoms with Gasteiger partial charge in [-0.2, -0.15) is 4.39 Å². The van der Waals surface area contributed by atoms with Gasteiger partial charge in [-0.3, -0.25) is 0 Å². The molecule has 11 heavy (non-hydrogen) atoms. The lowest BCUT2D eigenvalue weighted by Crippen LogP contribution is -2.06. The van der Waals surface area contributed by atoms with Gasteiger partial charge in [0.15, 0.2) is 0 Å². The molecule has 0 saturated carbocycles. The number of hydrogen-bond acceptors (Lipinski definition) is 2. The fourth-order valence-corrected chi connectivity index (χ4v) is 0.917. The zero-order valence-electron chi connectivity index (χ0n) is 6.69. The Bertz CT molecular complexity index is 248. The van der Waals surface area contributed by atoms with E-state index in [0.717, 1.165) is 12.1 Å². The van der Waals surface area contributed by atoms with Crippen molar-refractivity contribution in [3.8, 4) is 0 Å². The van der Waals surface area contributed by atoms with Crippen LogP contribution in [0.25, 0.3) is 0 Å². The molecule has 0 amide bonds. The lowest BCUT2D eigenvalue weighted by Gasteiger charge is -2.00. The number of aryl methyl sites for hydroxylation is 1. The smallest absolute Gasteiger partial charge is 0.215 e. The molecule has 1 aromatic rings. The van der Waals surface area contributed by atoms with Crippen LogP contribution < -0.4 is 5.32 Å². The standard InChI is InChI=1S/C8H11FN2/c1-6-3-7(4-10-2)5-11-8(6)9/h3,5,10H,4H2,1-2H3. The molecule has 0 radical (unpaired) electrons. The van der Waals surface area contributed by atoms with Crippen LogP contribution in [-0.4, -0.2) is 12.0 Å². The van der Waals surface area contributed by atoms with Crippen molar-refractivity contribution in [2.75, 3.05) is 7.05 Å². The molecule has 0 unspecified atom stereocenters. The highest BCUT2D eigenvalue weighted by molar-refractivity contribution is 5.17. The van der Waals surface area contributed by atoms with Crippen LogP contribution in [-0.2, 0) is 6.54 Å². The van der Waals surface area contributed by atoms with Crippen LogP contribution in [0.2, 0.25) is 0 Å². The summed E-state index contributed by atoms with van der Waals surface area (Å²) in [6.45, 7) is 2.44. The first-order valence-corrected chi connectivity index (χ1v) is 3.49. The van der Waals surface area contributed by atoms with E-state index in [1.54, 1.807) is 19.2 Å². The number of halogens is 1. The normalized spacial score (nSPS) is 10.1. The fourth-order valence-electron chi connectivity index (χ4n) is 0.917. The Morgan fingerprint density at radius 2 is 2.36 bits per heavy atom. The molecule has 1 aromatic heterocycles. The molecule has 1 rings (SSSR count). The minimum Gasteiger partial charge on any atom is -0.316 e. The molecule has 0 aliphatic heterocycles. The van der Waals surface area contributed by atoms with Gasteiger partial charge in [-0.25, -0.2) is 4.98 Å². The maximum atomic E-state index is 12.6. The van der Waals surface area contributed by atoms with E-state index in [0.29, 0.717) is 5.56 Å². The van der Waals surface area contributed by atoms with E-state index < -0.39 is 0 Å². The molecular formula is C8H11FN2. The summed E-state index contributed by atoms with van der Waals surface area (Å²) < 4.78 is 12.6. The monoisotopic (exact) mass is 154 g/mol. The first-order chi connectivity index (χ1) is 5.24. The summed E-state index contributed by atoms with van der Waals surface area (Å²) in [5, 5.41) is 2.97. The van der Waals surface area contributed by atoms with Crippen molar-refractivity contribution in [1.29, 1.82) is 0 Å². The van der Waals surface area contributed by atoms with Gasteiger partial charge in [0, 0.05) is 18.3 Å². The van der Waals surface area contributed by atoms with Gasteiger partial charge in [0.25, 0.3) is 0 Å². The molecular weight excluding hydrogens is 143 g/mol. The van der Waals surface area contributed by atoms with Gasteiger partial charge in [-0.05, 0) is 25.6 Å². The molecule has 0 aliphatic rings. The molecule has 0 aromatic carbocycles. The second kappa shape index (κ2) is 3.44. The van der Waals surface area contributed by atoms with E-state index in [2.05, 4.69) is 10.3 Å². The maximum absolute atomic E-state index is 12.6. The van der Waals surface area contributed by atoms with Crippen LogP contribution in [0.1, 0.15) is 11.1 Å². The van der Waals surface area contributed by atoms with Crippen molar-refractivity contribution in [3.05, 3.63) is 29.3 Å². The quantitative estimate of drug-likeness (QED) is 0.648. The zero-order chi connectivity index (χ0) is 8.27. The van der Waals surface area contributed by atoms with E-state index in [4.69, 9.17) is 0 Å². The van der Waals surface area contributed by atoms with Crippen LogP contribution in [0.3, 0.4) is 0 Å². The van der Waals surface area contributed by atoms with Gasteiger partial charge < -0.3 is 5.32 Å². The topological polar surface area (TPSA) is 24.9 Å². The highest BCUT2D eigenvalue weighted by Gasteiger charge is 1.98. The number of nitrogens with zero attached hydrogens (tertiary/aromatic N) is 1. The van der Waals surface area contributed by atoms with Gasteiger partial charge in [-0.15, -0.1) is 0 Å². The van der Waals surface area contributed by atoms with E-state index in [-0.39, 0.29) is 5.95 Å². The van der Waals surface area contributed by atoms with Gasteiger partial charge in [0.2, 0.25) is 5.95 Å². The van der Waals surface area contributed by atoms with Gasteiger partial charge in [0.1, 0.15) is 0 Å². The molecule has 0 aliphatic carbocycles. The minimum absolute atomic E-state index is 0.384. The third-order valence-electron chi connectivity index (χ3n) is 1.45. The molecule has 0 saturated heterocycles. The third kappa shape index (κ3) is 1.98. The summed E-state index contributed by atoms with van der Waals surface area (Å²) in [6.07, 6.45) is 1.54. The summed E-state index contributed by atoms with van der Waals surface area (Å²) in [7, 11) is 1.85. The Morgan fingerprint density at radius 3 is 2.91 bits per heavy atom. The van der Waals surface area contributed by atoms with Crippen LogP contribution in [0.15, 0.2) is 12.3 Å². The third-order valence-corrected chi connectivity index (χ3v) is 1.45. The van der Waals surface area contributed by atoms with E-state index >= 15 is 0 Å².